The molecule has 2 aliphatic heterocycles. The number of amides is 2. The van der Waals surface area contributed by atoms with Gasteiger partial charge in [0.1, 0.15) is 11.9 Å². The fourth-order valence-electron chi connectivity index (χ4n) is 5.23. The number of ether oxygens (including phenoxy) is 1. The average Bonchev–Trinajstić information content (AvgIpc) is 2.78. The third-order valence-electron chi connectivity index (χ3n) is 6.79. The van der Waals surface area contributed by atoms with Gasteiger partial charge in [-0.2, -0.15) is 5.26 Å². The van der Waals surface area contributed by atoms with Crippen LogP contribution in [0.25, 0.3) is 0 Å². The van der Waals surface area contributed by atoms with E-state index in [-0.39, 0.29) is 12.1 Å². The van der Waals surface area contributed by atoms with Crippen molar-refractivity contribution in [1.29, 1.82) is 5.26 Å². The van der Waals surface area contributed by atoms with Crippen LogP contribution in [-0.4, -0.2) is 54.7 Å². The molecule has 4 rings (SSSR count). The van der Waals surface area contributed by atoms with Crippen LogP contribution in [0.1, 0.15) is 74.3 Å². The smallest absolute Gasteiger partial charge is 0.317 e. The van der Waals surface area contributed by atoms with Crippen molar-refractivity contribution in [2.24, 2.45) is 0 Å². The fraction of sp³-hybridized carbons (Fsp3) is 0.696. The Hall–Kier alpha value is -2.33. The summed E-state index contributed by atoms with van der Waals surface area (Å²) in [5, 5.41) is 13.0. The summed E-state index contributed by atoms with van der Waals surface area (Å²) in [6.45, 7) is 7.90. The number of nitrogens with one attached hydrogen (secondary N) is 1. The number of hydrogen-bond donors (Lipinski definition) is 1. The van der Waals surface area contributed by atoms with E-state index in [4.69, 9.17) is 9.72 Å². The molecule has 1 atom stereocenters. The third-order valence-corrected chi connectivity index (χ3v) is 6.79. The minimum absolute atomic E-state index is 0.0106. The van der Waals surface area contributed by atoms with Gasteiger partial charge < -0.3 is 19.9 Å². The van der Waals surface area contributed by atoms with Crippen molar-refractivity contribution in [2.45, 2.75) is 70.9 Å². The number of piperazine rings is 1. The Balaban J connectivity index is 1.67. The molecule has 7 nitrogen and oxygen atoms in total. The largest absolute Gasteiger partial charge is 0.376 e. The van der Waals surface area contributed by atoms with Crippen LogP contribution in [0, 0.1) is 11.3 Å². The van der Waals surface area contributed by atoms with Crippen LogP contribution in [0.3, 0.4) is 0 Å². The maximum Gasteiger partial charge on any atom is 0.317 e. The van der Waals surface area contributed by atoms with Gasteiger partial charge in [0.2, 0.25) is 0 Å². The highest BCUT2D eigenvalue weighted by Crippen LogP contribution is 2.39. The minimum Gasteiger partial charge on any atom is -0.376 e. The number of carbonyl (C=O) groups is 1. The number of fused-ring (bicyclic) bond motifs is 1. The highest BCUT2D eigenvalue weighted by atomic mass is 16.5. The molecule has 0 spiro atoms. The first-order valence-electron chi connectivity index (χ1n) is 11.5. The van der Waals surface area contributed by atoms with E-state index >= 15 is 0 Å². The monoisotopic (exact) mass is 411 g/mol. The SMILES string of the molecule is CCNC(=O)N1CCN(c2nc(C3CCCCC3)c3c(c2C#N)CCOC3)CC1C. The highest BCUT2D eigenvalue weighted by Gasteiger charge is 2.33. The summed E-state index contributed by atoms with van der Waals surface area (Å²) in [6, 6.07) is 2.52. The number of aromatic nitrogens is 1. The van der Waals surface area contributed by atoms with Crippen molar-refractivity contribution in [1.82, 2.24) is 15.2 Å². The van der Waals surface area contributed by atoms with E-state index < -0.39 is 0 Å². The first-order valence-corrected chi connectivity index (χ1v) is 11.5. The number of nitriles is 1. The first-order chi connectivity index (χ1) is 14.6. The Bertz CT molecular complexity index is 828. The number of nitrogens with zero attached hydrogens (tertiary/aromatic N) is 4. The number of hydrogen-bond acceptors (Lipinski definition) is 5. The van der Waals surface area contributed by atoms with Gasteiger partial charge in [-0.15, -0.1) is 0 Å². The molecule has 1 aliphatic carbocycles. The summed E-state index contributed by atoms with van der Waals surface area (Å²) in [7, 11) is 0. The zero-order chi connectivity index (χ0) is 21.1. The molecule has 3 heterocycles. The molecule has 2 amide bonds. The van der Waals surface area contributed by atoms with Crippen LogP contribution in [0.4, 0.5) is 10.6 Å². The van der Waals surface area contributed by atoms with Gasteiger partial charge in [0.15, 0.2) is 0 Å². The maximum atomic E-state index is 12.3. The Morgan fingerprint density at radius 2 is 2.07 bits per heavy atom. The predicted octanol–water partition coefficient (Wildman–Crippen LogP) is 3.31. The summed E-state index contributed by atoms with van der Waals surface area (Å²) < 4.78 is 5.78. The van der Waals surface area contributed by atoms with Crippen molar-refractivity contribution in [2.75, 3.05) is 37.7 Å². The molecule has 0 bridgehead atoms. The Labute approximate surface area is 179 Å². The van der Waals surface area contributed by atoms with Crippen LogP contribution < -0.4 is 10.2 Å². The van der Waals surface area contributed by atoms with E-state index in [1.165, 1.54) is 37.7 Å². The molecule has 1 aromatic rings. The lowest BCUT2D eigenvalue weighted by molar-refractivity contribution is 0.109. The topological polar surface area (TPSA) is 81.5 Å². The second-order valence-corrected chi connectivity index (χ2v) is 8.73. The van der Waals surface area contributed by atoms with Gasteiger partial charge in [-0.1, -0.05) is 19.3 Å². The van der Waals surface area contributed by atoms with Crippen LogP contribution in [0.15, 0.2) is 0 Å². The second-order valence-electron chi connectivity index (χ2n) is 8.73. The van der Waals surface area contributed by atoms with E-state index in [9.17, 15) is 10.1 Å². The average molecular weight is 412 g/mol. The van der Waals surface area contributed by atoms with Gasteiger partial charge in [0.05, 0.1) is 24.5 Å². The lowest BCUT2D eigenvalue weighted by atomic mass is 9.82. The molecule has 0 aromatic carbocycles. The van der Waals surface area contributed by atoms with E-state index in [0.29, 0.717) is 50.9 Å². The highest BCUT2D eigenvalue weighted by molar-refractivity contribution is 5.75. The number of urea groups is 1. The zero-order valence-electron chi connectivity index (χ0n) is 18.2. The fourth-order valence-corrected chi connectivity index (χ4v) is 5.23. The standard InChI is InChI=1S/C23H33N5O2/c1-3-25-23(29)28-11-10-27(14-16(28)2)22-19(13-24)18-9-12-30-15-20(18)21(26-22)17-7-5-4-6-8-17/h16-17H,3-12,14-15H2,1-2H3,(H,25,29). The zero-order valence-corrected chi connectivity index (χ0v) is 18.2. The molecule has 1 saturated carbocycles. The number of carbonyl (C=O) groups excluding carboxylic acids is 1. The summed E-state index contributed by atoms with van der Waals surface area (Å²) in [4.78, 5) is 21.6. The molecular formula is C23H33N5O2. The summed E-state index contributed by atoms with van der Waals surface area (Å²) in [5.41, 5.74) is 4.19. The summed E-state index contributed by atoms with van der Waals surface area (Å²) in [6.07, 6.45) is 6.93. The van der Waals surface area contributed by atoms with E-state index in [1.54, 1.807) is 0 Å². The van der Waals surface area contributed by atoms with Gasteiger partial charge in [0, 0.05) is 43.7 Å². The summed E-state index contributed by atoms with van der Waals surface area (Å²) in [5.74, 6) is 1.29. The van der Waals surface area contributed by atoms with Crippen LogP contribution in [0.5, 0.6) is 0 Å². The van der Waals surface area contributed by atoms with Crippen molar-refractivity contribution >= 4 is 11.8 Å². The number of pyridine rings is 1. The lowest BCUT2D eigenvalue weighted by Gasteiger charge is -2.41. The quantitative estimate of drug-likeness (QED) is 0.825. The van der Waals surface area contributed by atoms with Gasteiger partial charge in [-0.25, -0.2) is 9.78 Å². The molecule has 0 radical (unpaired) electrons. The molecule has 30 heavy (non-hydrogen) atoms. The second kappa shape index (κ2) is 9.22. The van der Waals surface area contributed by atoms with E-state index in [1.807, 2.05) is 11.8 Å². The molecule has 3 aliphatic rings. The van der Waals surface area contributed by atoms with Crippen molar-refractivity contribution < 1.29 is 9.53 Å². The Morgan fingerprint density at radius 3 is 2.77 bits per heavy atom. The van der Waals surface area contributed by atoms with Crippen LogP contribution in [0.2, 0.25) is 0 Å². The molecule has 7 heteroatoms. The lowest BCUT2D eigenvalue weighted by Crippen LogP contribution is -2.57. The number of rotatable bonds is 3. The minimum atomic E-state index is -0.0106. The molecule has 1 N–H and O–H groups in total. The van der Waals surface area contributed by atoms with E-state index in [0.717, 1.165) is 23.5 Å². The van der Waals surface area contributed by atoms with E-state index in [2.05, 4.69) is 23.2 Å². The molecule has 1 saturated heterocycles. The van der Waals surface area contributed by atoms with Crippen molar-refractivity contribution in [3.05, 3.63) is 22.4 Å². The van der Waals surface area contributed by atoms with Gasteiger partial charge in [0.25, 0.3) is 0 Å². The van der Waals surface area contributed by atoms with Gasteiger partial charge >= 0.3 is 6.03 Å². The predicted molar refractivity (Wildman–Crippen MR) is 116 cm³/mol. The Morgan fingerprint density at radius 1 is 1.27 bits per heavy atom. The van der Waals surface area contributed by atoms with Crippen LogP contribution >= 0.6 is 0 Å². The normalized spacial score (nSPS) is 22.4. The summed E-state index contributed by atoms with van der Waals surface area (Å²) >= 11 is 0. The van der Waals surface area contributed by atoms with Crippen LogP contribution in [-0.2, 0) is 17.8 Å². The molecule has 2 fully saturated rings. The number of anilines is 1. The molecular weight excluding hydrogens is 378 g/mol. The first kappa shape index (κ1) is 20.9. The van der Waals surface area contributed by atoms with Crippen molar-refractivity contribution in [3.8, 4) is 6.07 Å². The van der Waals surface area contributed by atoms with Gasteiger partial charge in [-0.3, -0.25) is 0 Å². The molecule has 162 valence electrons. The molecule has 1 aromatic heterocycles. The van der Waals surface area contributed by atoms with Crippen molar-refractivity contribution in [3.63, 3.8) is 0 Å². The molecule has 1 unspecified atom stereocenters. The Kier molecular flexibility index (Phi) is 6.43. The van der Waals surface area contributed by atoms with Gasteiger partial charge in [-0.05, 0) is 38.7 Å². The third kappa shape index (κ3) is 3.98. The maximum absolute atomic E-state index is 12.3.